The minimum absolute atomic E-state index is 0.171. The zero-order valence-electron chi connectivity index (χ0n) is 18.6. The summed E-state index contributed by atoms with van der Waals surface area (Å²) in [6.45, 7) is 4.02. The van der Waals surface area contributed by atoms with Gasteiger partial charge in [0.15, 0.2) is 0 Å². The molecule has 1 unspecified atom stereocenters. The van der Waals surface area contributed by atoms with E-state index in [1.165, 1.54) is 0 Å². The molecule has 0 radical (unpaired) electrons. The average Bonchev–Trinajstić information content (AvgIpc) is 3.51. The molecule has 1 saturated carbocycles. The van der Waals surface area contributed by atoms with E-state index in [2.05, 4.69) is 35.7 Å². The molecule has 2 aromatic carbocycles. The number of fused-ring (bicyclic) bond motifs is 1. The topological polar surface area (TPSA) is 59.4 Å². The molecule has 170 valence electrons. The average molecular weight is 463 g/mol. The predicted molar refractivity (Wildman–Crippen MR) is 129 cm³/mol. The molecule has 6 rings (SSSR count). The van der Waals surface area contributed by atoms with E-state index in [4.69, 9.17) is 16.3 Å². The van der Waals surface area contributed by atoms with Crippen molar-refractivity contribution in [3.8, 4) is 22.6 Å². The SMILES string of the molecule is CC1CCc2c(ccc(-c3cnn(C4CNC4)c3)c2Oc2cccc(Cl)c2)N1C(=O)C1CC1. The lowest BCUT2D eigenvalue weighted by atomic mass is 9.92. The summed E-state index contributed by atoms with van der Waals surface area (Å²) in [7, 11) is 0. The zero-order chi connectivity index (χ0) is 22.5. The van der Waals surface area contributed by atoms with Crippen LogP contribution in [-0.4, -0.2) is 34.8 Å². The van der Waals surface area contributed by atoms with Crippen LogP contribution in [0.3, 0.4) is 0 Å². The first-order valence-corrected chi connectivity index (χ1v) is 12.1. The van der Waals surface area contributed by atoms with Crippen LogP contribution in [0.5, 0.6) is 11.5 Å². The van der Waals surface area contributed by atoms with Crippen LogP contribution in [0.4, 0.5) is 5.69 Å². The summed E-state index contributed by atoms with van der Waals surface area (Å²) in [5.74, 6) is 1.90. The van der Waals surface area contributed by atoms with Crippen LogP contribution < -0.4 is 15.0 Å². The number of rotatable bonds is 5. The number of anilines is 1. The van der Waals surface area contributed by atoms with E-state index in [0.717, 1.165) is 66.9 Å². The first kappa shape index (κ1) is 20.8. The molecular formula is C26H27ClN4O2. The molecule has 3 aliphatic rings. The van der Waals surface area contributed by atoms with Crippen LogP contribution in [0, 0.1) is 5.92 Å². The smallest absolute Gasteiger partial charge is 0.230 e. The lowest BCUT2D eigenvalue weighted by Gasteiger charge is -2.36. The highest BCUT2D eigenvalue weighted by atomic mass is 35.5. The normalized spacial score (nSPS) is 20.3. The van der Waals surface area contributed by atoms with Crippen molar-refractivity contribution in [2.24, 2.45) is 5.92 Å². The Bertz CT molecular complexity index is 1210. The maximum Gasteiger partial charge on any atom is 0.230 e. The van der Waals surface area contributed by atoms with Crippen LogP contribution in [0.1, 0.15) is 37.8 Å². The molecule has 3 heterocycles. The standard InChI is InChI=1S/C26H27ClN4O2/c1-16-5-8-23-24(31(16)26(32)17-6-7-17)10-9-22(18-12-29-30(15-18)20-13-28-14-20)25(23)33-21-4-2-3-19(27)11-21/h2-4,9-12,15-17,20,28H,5-8,13-14H2,1H3. The van der Waals surface area contributed by atoms with Gasteiger partial charge in [-0.3, -0.25) is 9.48 Å². The van der Waals surface area contributed by atoms with E-state index in [9.17, 15) is 4.79 Å². The number of halogens is 1. The maximum atomic E-state index is 13.2. The van der Waals surface area contributed by atoms with E-state index in [0.29, 0.717) is 16.8 Å². The molecule has 0 bridgehead atoms. The number of aromatic nitrogens is 2. The number of nitrogens with zero attached hydrogens (tertiary/aromatic N) is 3. The second-order valence-electron chi connectivity index (χ2n) is 9.39. The molecule has 6 nitrogen and oxygen atoms in total. The summed E-state index contributed by atoms with van der Waals surface area (Å²) in [5.41, 5.74) is 4.06. The monoisotopic (exact) mass is 462 g/mol. The van der Waals surface area contributed by atoms with Crippen LogP contribution in [0.2, 0.25) is 5.02 Å². The fourth-order valence-corrected chi connectivity index (χ4v) is 4.98. The highest BCUT2D eigenvalue weighted by molar-refractivity contribution is 6.30. The van der Waals surface area contributed by atoms with Crippen LogP contribution in [0.25, 0.3) is 11.1 Å². The third-order valence-corrected chi connectivity index (χ3v) is 7.21. The maximum absolute atomic E-state index is 13.2. The Balaban J connectivity index is 1.46. The second kappa shape index (κ2) is 8.19. The molecule has 2 aliphatic heterocycles. The first-order chi connectivity index (χ1) is 16.1. The predicted octanol–water partition coefficient (Wildman–Crippen LogP) is 5.22. The molecule has 7 heteroatoms. The van der Waals surface area contributed by atoms with Gasteiger partial charge in [-0.05, 0) is 62.9 Å². The molecule has 33 heavy (non-hydrogen) atoms. The van der Waals surface area contributed by atoms with E-state index in [-0.39, 0.29) is 17.9 Å². The lowest BCUT2D eigenvalue weighted by Crippen LogP contribution is -2.43. The number of nitrogens with one attached hydrogen (secondary N) is 1. The Morgan fingerprint density at radius 2 is 2.03 bits per heavy atom. The molecule has 2 fully saturated rings. The van der Waals surface area contributed by atoms with Crippen molar-refractivity contribution in [3.05, 3.63) is 59.4 Å². The van der Waals surface area contributed by atoms with Crippen molar-refractivity contribution in [1.82, 2.24) is 15.1 Å². The van der Waals surface area contributed by atoms with Crippen LogP contribution in [-0.2, 0) is 11.2 Å². The largest absolute Gasteiger partial charge is 0.456 e. The molecule has 1 atom stereocenters. The Morgan fingerprint density at radius 1 is 1.18 bits per heavy atom. The van der Waals surface area contributed by atoms with Gasteiger partial charge in [-0.15, -0.1) is 0 Å². The molecular weight excluding hydrogens is 436 g/mol. The Kier molecular flexibility index (Phi) is 5.15. The van der Waals surface area contributed by atoms with Crippen molar-refractivity contribution >= 4 is 23.2 Å². The van der Waals surface area contributed by atoms with Gasteiger partial charge in [0.05, 0.1) is 17.9 Å². The Hall–Kier alpha value is -2.83. The van der Waals surface area contributed by atoms with Gasteiger partial charge in [0.25, 0.3) is 0 Å². The fraction of sp³-hybridized carbons (Fsp3) is 0.385. The number of carbonyl (C=O) groups excluding carboxylic acids is 1. The summed E-state index contributed by atoms with van der Waals surface area (Å²) < 4.78 is 8.55. The van der Waals surface area contributed by atoms with E-state index in [1.54, 1.807) is 0 Å². The van der Waals surface area contributed by atoms with E-state index < -0.39 is 0 Å². The molecule has 0 spiro atoms. The molecule has 1 saturated heterocycles. The van der Waals surface area contributed by atoms with E-state index in [1.807, 2.05) is 40.0 Å². The van der Waals surface area contributed by atoms with Crippen molar-refractivity contribution in [1.29, 1.82) is 0 Å². The number of benzene rings is 2. The van der Waals surface area contributed by atoms with Gasteiger partial charge in [0.1, 0.15) is 11.5 Å². The molecule has 1 amide bonds. The number of amides is 1. The highest BCUT2D eigenvalue weighted by Gasteiger charge is 2.39. The summed E-state index contributed by atoms with van der Waals surface area (Å²) in [6.07, 6.45) is 7.76. The molecule has 1 aliphatic carbocycles. The summed E-state index contributed by atoms with van der Waals surface area (Å²) in [5, 5.41) is 8.54. The summed E-state index contributed by atoms with van der Waals surface area (Å²) in [4.78, 5) is 15.2. The van der Waals surface area contributed by atoms with Crippen LogP contribution in [0.15, 0.2) is 48.8 Å². The van der Waals surface area contributed by atoms with Crippen molar-refractivity contribution < 1.29 is 9.53 Å². The summed E-state index contributed by atoms with van der Waals surface area (Å²) >= 11 is 6.25. The van der Waals surface area contributed by atoms with Gasteiger partial charge in [0.2, 0.25) is 5.91 Å². The van der Waals surface area contributed by atoms with E-state index >= 15 is 0 Å². The van der Waals surface area contributed by atoms with Gasteiger partial charge in [-0.1, -0.05) is 17.7 Å². The minimum Gasteiger partial charge on any atom is -0.456 e. The second-order valence-corrected chi connectivity index (χ2v) is 9.83. The van der Waals surface area contributed by atoms with Gasteiger partial charge in [0, 0.05) is 53.0 Å². The van der Waals surface area contributed by atoms with Gasteiger partial charge >= 0.3 is 0 Å². The van der Waals surface area contributed by atoms with Gasteiger partial charge in [-0.2, -0.15) is 5.10 Å². The molecule has 1 N–H and O–H groups in total. The number of carbonyl (C=O) groups is 1. The zero-order valence-corrected chi connectivity index (χ0v) is 19.4. The number of hydrogen-bond acceptors (Lipinski definition) is 4. The minimum atomic E-state index is 0.171. The van der Waals surface area contributed by atoms with Crippen molar-refractivity contribution in [2.75, 3.05) is 18.0 Å². The van der Waals surface area contributed by atoms with Gasteiger partial charge in [-0.25, -0.2) is 0 Å². The Labute approximate surface area is 198 Å². The molecule has 3 aromatic rings. The number of hydrogen-bond donors (Lipinski definition) is 1. The number of ether oxygens (including phenoxy) is 1. The Morgan fingerprint density at radius 3 is 2.76 bits per heavy atom. The summed E-state index contributed by atoms with van der Waals surface area (Å²) in [6, 6.07) is 12.2. The van der Waals surface area contributed by atoms with Crippen LogP contribution >= 0.6 is 11.6 Å². The van der Waals surface area contributed by atoms with Gasteiger partial charge < -0.3 is 15.0 Å². The lowest BCUT2D eigenvalue weighted by molar-refractivity contribution is -0.120. The third kappa shape index (κ3) is 3.81. The van der Waals surface area contributed by atoms with Crippen molar-refractivity contribution in [3.63, 3.8) is 0 Å². The van der Waals surface area contributed by atoms with Crippen molar-refractivity contribution in [2.45, 2.75) is 44.7 Å². The fourth-order valence-electron chi connectivity index (χ4n) is 4.80. The molecule has 1 aromatic heterocycles. The quantitative estimate of drug-likeness (QED) is 0.565. The highest BCUT2D eigenvalue weighted by Crippen LogP contribution is 2.46. The third-order valence-electron chi connectivity index (χ3n) is 6.97. The first-order valence-electron chi connectivity index (χ1n) is 11.8.